The summed E-state index contributed by atoms with van der Waals surface area (Å²) in [6, 6.07) is 9.40. The molecule has 0 unspecified atom stereocenters. The van der Waals surface area contributed by atoms with Crippen LogP contribution in [0.2, 0.25) is 0 Å². The second-order valence-electron chi connectivity index (χ2n) is 5.28. The van der Waals surface area contributed by atoms with Crippen molar-refractivity contribution < 1.29 is 13.6 Å². The third-order valence-electron chi connectivity index (χ3n) is 3.35. The normalized spacial score (nSPS) is 10.8. The van der Waals surface area contributed by atoms with Gasteiger partial charge in [-0.05, 0) is 36.8 Å². The number of carbonyl (C=O) groups is 1. The molecule has 0 aliphatic carbocycles. The molecule has 0 saturated carbocycles. The van der Waals surface area contributed by atoms with Gasteiger partial charge >= 0.3 is 0 Å². The van der Waals surface area contributed by atoms with E-state index < -0.39 is 5.82 Å². The topological polar surface area (TPSA) is 73.0 Å². The van der Waals surface area contributed by atoms with Gasteiger partial charge in [0.15, 0.2) is 16.7 Å². The highest BCUT2D eigenvalue weighted by atomic mass is 32.2. The molecule has 25 heavy (non-hydrogen) atoms. The fourth-order valence-electron chi connectivity index (χ4n) is 2.30. The van der Waals surface area contributed by atoms with Crippen LogP contribution < -0.4 is 5.32 Å². The maximum atomic E-state index is 13.2. The molecule has 2 aromatic heterocycles. The van der Waals surface area contributed by atoms with Crippen molar-refractivity contribution in [2.45, 2.75) is 25.0 Å². The maximum absolute atomic E-state index is 13.2. The molecule has 0 aliphatic heterocycles. The van der Waals surface area contributed by atoms with E-state index in [1.54, 1.807) is 24.5 Å². The molecule has 1 N–H and O–H groups in total. The van der Waals surface area contributed by atoms with Gasteiger partial charge in [0.05, 0.1) is 12.0 Å². The lowest BCUT2D eigenvalue weighted by atomic mass is 10.3. The molecule has 2 heterocycles. The smallest absolute Gasteiger partial charge is 0.234 e. The van der Waals surface area contributed by atoms with Crippen LogP contribution in [0.3, 0.4) is 0 Å². The third-order valence-corrected chi connectivity index (χ3v) is 4.31. The molecule has 0 radical (unpaired) electrons. The van der Waals surface area contributed by atoms with Crippen LogP contribution in [0.5, 0.6) is 0 Å². The first kappa shape index (κ1) is 17.2. The molecule has 0 saturated heterocycles. The summed E-state index contributed by atoms with van der Waals surface area (Å²) in [5, 5.41) is 11.6. The average molecular weight is 360 g/mol. The minimum atomic E-state index is -0.392. The predicted molar refractivity (Wildman–Crippen MR) is 93.8 cm³/mol. The molecule has 3 rings (SSSR count). The summed E-state index contributed by atoms with van der Waals surface area (Å²) in [4.78, 5) is 12.1. The van der Waals surface area contributed by atoms with Crippen LogP contribution in [0.25, 0.3) is 11.6 Å². The number of nitrogens with one attached hydrogen (secondary N) is 1. The molecular formula is C17H17FN4O2S. The Morgan fingerprint density at radius 2 is 2.20 bits per heavy atom. The van der Waals surface area contributed by atoms with E-state index in [0.29, 0.717) is 22.4 Å². The molecule has 3 aromatic rings. The number of hydrogen-bond acceptors (Lipinski definition) is 5. The van der Waals surface area contributed by atoms with Crippen molar-refractivity contribution in [3.05, 3.63) is 48.5 Å². The lowest BCUT2D eigenvalue weighted by molar-refractivity contribution is -0.113. The number of aromatic nitrogens is 3. The summed E-state index contributed by atoms with van der Waals surface area (Å²) >= 11 is 1.28. The van der Waals surface area contributed by atoms with Crippen molar-refractivity contribution >= 4 is 23.4 Å². The van der Waals surface area contributed by atoms with Gasteiger partial charge in [-0.3, -0.25) is 9.36 Å². The highest BCUT2D eigenvalue weighted by Crippen LogP contribution is 2.24. The number of carbonyl (C=O) groups excluding carboxylic acids is 1. The summed E-state index contributed by atoms with van der Waals surface area (Å²) in [7, 11) is 0. The number of furan rings is 1. The van der Waals surface area contributed by atoms with E-state index in [9.17, 15) is 9.18 Å². The van der Waals surface area contributed by atoms with E-state index in [-0.39, 0.29) is 11.7 Å². The predicted octanol–water partition coefficient (Wildman–Crippen LogP) is 3.82. The first-order valence-corrected chi connectivity index (χ1v) is 8.81. The minimum absolute atomic E-state index is 0.149. The zero-order chi connectivity index (χ0) is 17.6. The highest BCUT2D eigenvalue weighted by Gasteiger charge is 2.16. The number of anilines is 1. The number of amides is 1. The van der Waals surface area contributed by atoms with Crippen LogP contribution in [-0.4, -0.2) is 26.4 Å². The molecule has 1 aromatic carbocycles. The van der Waals surface area contributed by atoms with Gasteiger partial charge in [0.2, 0.25) is 5.91 Å². The molecule has 0 fully saturated rings. The molecule has 6 nitrogen and oxygen atoms in total. The van der Waals surface area contributed by atoms with Crippen LogP contribution in [0.15, 0.2) is 52.2 Å². The van der Waals surface area contributed by atoms with Gasteiger partial charge in [-0.25, -0.2) is 4.39 Å². The van der Waals surface area contributed by atoms with Crippen molar-refractivity contribution in [2.75, 3.05) is 11.1 Å². The van der Waals surface area contributed by atoms with Crippen molar-refractivity contribution in [2.24, 2.45) is 0 Å². The molecule has 1 amide bonds. The molecule has 0 aliphatic rings. The number of nitrogens with zero attached hydrogens (tertiary/aromatic N) is 3. The Kier molecular flexibility index (Phi) is 5.49. The number of rotatable bonds is 7. The van der Waals surface area contributed by atoms with Crippen LogP contribution in [0.1, 0.15) is 13.3 Å². The highest BCUT2D eigenvalue weighted by molar-refractivity contribution is 7.99. The molecule has 0 spiro atoms. The van der Waals surface area contributed by atoms with E-state index in [1.807, 2.05) is 10.6 Å². The largest absolute Gasteiger partial charge is 0.461 e. The van der Waals surface area contributed by atoms with Crippen LogP contribution >= 0.6 is 11.8 Å². The van der Waals surface area contributed by atoms with Gasteiger partial charge in [-0.2, -0.15) is 0 Å². The number of hydrogen-bond donors (Lipinski definition) is 1. The zero-order valence-electron chi connectivity index (χ0n) is 13.6. The van der Waals surface area contributed by atoms with Gasteiger partial charge in [-0.1, -0.05) is 24.8 Å². The van der Waals surface area contributed by atoms with Crippen LogP contribution in [-0.2, 0) is 11.3 Å². The van der Waals surface area contributed by atoms with Gasteiger partial charge in [0.25, 0.3) is 0 Å². The monoisotopic (exact) mass is 360 g/mol. The fraction of sp³-hybridized carbons (Fsp3) is 0.235. The quantitative estimate of drug-likeness (QED) is 0.649. The second kappa shape index (κ2) is 7.98. The lowest BCUT2D eigenvalue weighted by Gasteiger charge is -2.08. The SMILES string of the molecule is CCCn1c(SCC(=O)Nc2cccc(F)c2)nnc1-c1ccco1. The first-order valence-electron chi connectivity index (χ1n) is 7.82. The third kappa shape index (κ3) is 4.27. The summed E-state index contributed by atoms with van der Waals surface area (Å²) in [6.07, 6.45) is 2.48. The van der Waals surface area contributed by atoms with E-state index in [0.717, 1.165) is 13.0 Å². The summed E-state index contributed by atoms with van der Waals surface area (Å²) in [5.41, 5.74) is 0.428. The van der Waals surface area contributed by atoms with Crippen LogP contribution in [0.4, 0.5) is 10.1 Å². The van der Waals surface area contributed by atoms with Crippen molar-refractivity contribution in [1.82, 2.24) is 14.8 Å². The number of thioether (sulfide) groups is 1. The van der Waals surface area contributed by atoms with Crippen molar-refractivity contribution in [1.29, 1.82) is 0 Å². The fourth-order valence-corrected chi connectivity index (χ4v) is 3.07. The summed E-state index contributed by atoms with van der Waals surface area (Å²) in [6.45, 7) is 2.77. The van der Waals surface area contributed by atoms with Gasteiger partial charge in [-0.15, -0.1) is 10.2 Å². The Hall–Kier alpha value is -2.61. The van der Waals surface area contributed by atoms with Gasteiger partial charge < -0.3 is 9.73 Å². The second-order valence-corrected chi connectivity index (χ2v) is 6.22. The molecule has 8 heteroatoms. The van der Waals surface area contributed by atoms with Crippen molar-refractivity contribution in [3.63, 3.8) is 0 Å². The lowest BCUT2D eigenvalue weighted by Crippen LogP contribution is -2.14. The maximum Gasteiger partial charge on any atom is 0.234 e. The van der Waals surface area contributed by atoms with Gasteiger partial charge in [0.1, 0.15) is 5.82 Å². The van der Waals surface area contributed by atoms with E-state index in [1.165, 1.54) is 23.9 Å². The number of benzene rings is 1. The van der Waals surface area contributed by atoms with E-state index in [4.69, 9.17) is 4.42 Å². The van der Waals surface area contributed by atoms with Gasteiger partial charge in [0, 0.05) is 12.2 Å². The average Bonchev–Trinajstić information content (AvgIpc) is 3.23. The Bertz CT molecular complexity index is 848. The molecule has 0 bridgehead atoms. The van der Waals surface area contributed by atoms with E-state index >= 15 is 0 Å². The Morgan fingerprint density at radius 3 is 2.92 bits per heavy atom. The summed E-state index contributed by atoms with van der Waals surface area (Å²) in [5.74, 6) is 0.797. The van der Waals surface area contributed by atoms with E-state index in [2.05, 4.69) is 22.4 Å². The molecule has 0 atom stereocenters. The molecule has 130 valence electrons. The van der Waals surface area contributed by atoms with Crippen molar-refractivity contribution in [3.8, 4) is 11.6 Å². The zero-order valence-corrected chi connectivity index (χ0v) is 14.4. The Balaban J connectivity index is 1.67. The standard InChI is InChI=1S/C17H17FN4O2S/c1-2-8-22-16(14-7-4-9-24-14)20-21-17(22)25-11-15(23)19-13-6-3-5-12(18)10-13/h3-7,9-10H,2,8,11H2,1H3,(H,19,23). The molecular weight excluding hydrogens is 343 g/mol. The number of halogens is 1. The minimum Gasteiger partial charge on any atom is -0.461 e. The Labute approximate surface area is 148 Å². The summed E-state index contributed by atoms with van der Waals surface area (Å²) < 4.78 is 20.5. The first-order chi connectivity index (χ1) is 12.2. The van der Waals surface area contributed by atoms with Crippen LogP contribution in [0, 0.1) is 5.82 Å². The Morgan fingerprint density at radius 1 is 1.32 bits per heavy atom.